The van der Waals surface area contributed by atoms with E-state index >= 15 is 0 Å². The monoisotopic (exact) mass is 403 g/mol. The molecule has 0 bridgehead atoms. The number of rotatable bonds is 3. The van der Waals surface area contributed by atoms with Crippen LogP contribution >= 0.6 is 0 Å². The number of aromatic nitrogens is 5. The van der Waals surface area contributed by atoms with Gasteiger partial charge in [-0.3, -0.25) is 4.79 Å². The fraction of sp³-hybridized carbons (Fsp3) is 0.409. The Labute approximate surface area is 175 Å². The molecule has 1 fully saturated rings. The summed E-state index contributed by atoms with van der Waals surface area (Å²) in [7, 11) is 0. The molecule has 8 heteroatoms. The number of benzene rings is 1. The maximum atomic E-state index is 13.3. The second-order valence-electron chi connectivity index (χ2n) is 8.08. The Kier molecular flexibility index (Phi) is 4.90. The van der Waals surface area contributed by atoms with Crippen molar-refractivity contribution in [1.29, 1.82) is 0 Å². The van der Waals surface area contributed by atoms with E-state index in [-0.39, 0.29) is 11.8 Å². The van der Waals surface area contributed by atoms with Crippen LogP contribution in [0.4, 0.5) is 11.5 Å². The van der Waals surface area contributed by atoms with Crippen LogP contribution in [0.1, 0.15) is 30.4 Å². The normalized spacial score (nSPS) is 17.1. The highest BCUT2D eigenvalue weighted by Crippen LogP contribution is 2.31. The molecular weight excluding hydrogens is 378 g/mol. The minimum absolute atomic E-state index is 0.0656. The lowest BCUT2D eigenvalue weighted by atomic mass is 9.92. The van der Waals surface area contributed by atoms with Crippen LogP contribution in [0.15, 0.2) is 43.0 Å². The topological polar surface area (TPSA) is 80.0 Å². The Hall–Kier alpha value is -3.29. The smallest absolute Gasteiger partial charge is 0.230 e. The molecule has 1 aromatic carbocycles. The predicted octanol–water partition coefficient (Wildman–Crippen LogP) is 2.56. The first-order valence-electron chi connectivity index (χ1n) is 10.5. The Balaban J connectivity index is 1.24. The minimum atomic E-state index is 0.0656. The van der Waals surface area contributed by atoms with Gasteiger partial charge < -0.3 is 9.80 Å². The lowest BCUT2D eigenvalue weighted by Gasteiger charge is -2.36. The van der Waals surface area contributed by atoms with Crippen molar-refractivity contribution in [2.75, 3.05) is 29.4 Å². The van der Waals surface area contributed by atoms with E-state index in [0.29, 0.717) is 5.82 Å². The number of hydrogen-bond acceptors (Lipinski definition) is 6. The van der Waals surface area contributed by atoms with E-state index in [2.05, 4.69) is 50.3 Å². The Morgan fingerprint density at radius 1 is 1.03 bits per heavy atom. The molecule has 0 unspecified atom stereocenters. The third kappa shape index (κ3) is 3.53. The number of nitrogens with zero attached hydrogens (tertiary/aromatic N) is 7. The van der Waals surface area contributed by atoms with Gasteiger partial charge in [0, 0.05) is 31.2 Å². The summed E-state index contributed by atoms with van der Waals surface area (Å²) in [6.07, 6.45) is 6.84. The Morgan fingerprint density at radius 2 is 1.83 bits per heavy atom. The summed E-state index contributed by atoms with van der Waals surface area (Å²) in [6.45, 7) is 4.55. The van der Waals surface area contributed by atoms with Crippen LogP contribution in [-0.4, -0.2) is 50.5 Å². The second kappa shape index (κ2) is 7.85. The van der Waals surface area contributed by atoms with Crippen LogP contribution in [0.3, 0.4) is 0 Å². The number of amides is 1. The van der Waals surface area contributed by atoms with Crippen molar-refractivity contribution in [3.8, 4) is 5.82 Å². The van der Waals surface area contributed by atoms with Crippen LogP contribution < -0.4 is 9.80 Å². The average Bonchev–Trinajstić information content (AvgIpc) is 3.33. The lowest BCUT2D eigenvalue weighted by molar-refractivity contribution is -0.123. The van der Waals surface area contributed by atoms with Crippen molar-refractivity contribution in [1.82, 2.24) is 25.0 Å². The van der Waals surface area contributed by atoms with E-state index in [1.54, 1.807) is 11.0 Å². The number of anilines is 2. The van der Waals surface area contributed by atoms with Crippen molar-refractivity contribution in [2.45, 2.75) is 32.6 Å². The second-order valence-corrected chi connectivity index (χ2v) is 8.08. The van der Waals surface area contributed by atoms with E-state index in [1.807, 2.05) is 17.0 Å². The molecule has 0 atom stereocenters. The Bertz CT molecular complexity index is 1020. The largest absolute Gasteiger partial charge is 0.355 e. The van der Waals surface area contributed by atoms with Gasteiger partial charge in [-0.05, 0) is 56.4 Å². The van der Waals surface area contributed by atoms with Gasteiger partial charge in [0.05, 0.1) is 0 Å². The molecular formula is C22H25N7O. The van der Waals surface area contributed by atoms with Gasteiger partial charge in [-0.25, -0.2) is 9.67 Å². The number of carbonyl (C=O) groups excluding carboxylic acids is 1. The van der Waals surface area contributed by atoms with Crippen molar-refractivity contribution < 1.29 is 4.79 Å². The molecule has 154 valence electrons. The van der Waals surface area contributed by atoms with Crippen molar-refractivity contribution in [3.63, 3.8) is 0 Å². The van der Waals surface area contributed by atoms with Crippen LogP contribution in [0, 0.1) is 12.8 Å². The average molecular weight is 403 g/mol. The highest BCUT2D eigenvalue weighted by molar-refractivity contribution is 5.96. The van der Waals surface area contributed by atoms with E-state index in [1.165, 1.54) is 17.5 Å². The van der Waals surface area contributed by atoms with Crippen molar-refractivity contribution in [3.05, 3.63) is 54.1 Å². The first kappa shape index (κ1) is 18.7. The molecule has 0 saturated carbocycles. The van der Waals surface area contributed by atoms with Gasteiger partial charge in [-0.2, -0.15) is 5.10 Å². The highest BCUT2D eigenvalue weighted by atomic mass is 16.2. The van der Waals surface area contributed by atoms with Gasteiger partial charge in [0.2, 0.25) is 5.91 Å². The molecule has 0 radical (unpaired) electrons. The fourth-order valence-corrected chi connectivity index (χ4v) is 4.47. The molecule has 2 aliphatic rings. The SMILES string of the molecule is Cc1ccc2c(c1)CCCN2C(=O)C1CCN(c2ccc(-n3cncn3)nn2)CC1. The van der Waals surface area contributed by atoms with Gasteiger partial charge in [-0.15, -0.1) is 10.2 Å². The maximum absolute atomic E-state index is 13.3. The minimum Gasteiger partial charge on any atom is -0.355 e. The third-order valence-electron chi connectivity index (χ3n) is 6.08. The van der Waals surface area contributed by atoms with Gasteiger partial charge in [0.15, 0.2) is 11.6 Å². The number of aryl methyl sites for hydroxylation is 2. The summed E-state index contributed by atoms with van der Waals surface area (Å²) in [5, 5.41) is 12.7. The molecule has 3 aromatic rings. The molecule has 0 spiro atoms. The molecule has 5 rings (SSSR count). The number of piperidine rings is 1. The highest BCUT2D eigenvalue weighted by Gasteiger charge is 2.31. The van der Waals surface area contributed by atoms with Gasteiger partial charge in [0.1, 0.15) is 12.7 Å². The summed E-state index contributed by atoms with van der Waals surface area (Å²) in [5.41, 5.74) is 3.66. The molecule has 1 amide bonds. The zero-order chi connectivity index (χ0) is 20.5. The molecule has 2 aromatic heterocycles. The molecule has 1 saturated heterocycles. The first-order chi connectivity index (χ1) is 14.7. The van der Waals surface area contributed by atoms with E-state index < -0.39 is 0 Å². The van der Waals surface area contributed by atoms with Crippen LogP contribution in [0.5, 0.6) is 0 Å². The Morgan fingerprint density at radius 3 is 2.57 bits per heavy atom. The fourth-order valence-electron chi connectivity index (χ4n) is 4.47. The molecule has 2 aliphatic heterocycles. The zero-order valence-electron chi connectivity index (χ0n) is 17.1. The molecule has 4 heterocycles. The summed E-state index contributed by atoms with van der Waals surface area (Å²) >= 11 is 0. The zero-order valence-corrected chi connectivity index (χ0v) is 17.1. The summed E-state index contributed by atoms with van der Waals surface area (Å²) < 4.78 is 1.58. The number of fused-ring (bicyclic) bond motifs is 1. The quantitative estimate of drug-likeness (QED) is 0.669. The number of carbonyl (C=O) groups is 1. The number of hydrogen-bond donors (Lipinski definition) is 0. The summed E-state index contributed by atoms with van der Waals surface area (Å²) in [4.78, 5) is 21.4. The predicted molar refractivity (Wildman–Crippen MR) is 114 cm³/mol. The van der Waals surface area contributed by atoms with E-state index in [9.17, 15) is 4.79 Å². The van der Waals surface area contributed by atoms with Crippen LogP contribution in [0.25, 0.3) is 5.82 Å². The lowest BCUT2D eigenvalue weighted by Crippen LogP contribution is -2.44. The molecule has 0 N–H and O–H groups in total. The van der Waals surface area contributed by atoms with E-state index in [0.717, 1.165) is 56.8 Å². The summed E-state index contributed by atoms with van der Waals surface area (Å²) in [5.74, 6) is 1.81. The third-order valence-corrected chi connectivity index (χ3v) is 6.08. The standard InChI is InChI=1S/C22H25N7O/c1-16-4-5-19-18(13-16)3-2-10-28(19)22(30)17-8-11-27(12-9-17)20-6-7-21(26-25-20)29-15-23-14-24-29/h4-7,13-15,17H,2-3,8-12H2,1H3. The van der Waals surface area contributed by atoms with E-state index in [4.69, 9.17) is 0 Å². The first-order valence-corrected chi connectivity index (χ1v) is 10.5. The van der Waals surface area contributed by atoms with Gasteiger partial charge >= 0.3 is 0 Å². The van der Waals surface area contributed by atoms with Crippen molar-refractivity contribution >= 4 is 17.4 Å². The van der Waals surface area contributed by atoms with Gasteiger partial charge in [-0.1, -0.05) is 17.7 Å². The van der Waals surface area contributed by atoms with Crippen molar-refractivity contribution in [2.24, 2.45) is 5.92 Å². The van der Waals surface area contributed by atoms with Gasteiger partial charge in [0.25, 0.3) is 0 Å². The molecule has 8 nitrogen and oxygen atoms in total. The molecule has 30 heavy (non-hydrogen) atoms. The summed E-state index contributed by atoms with van der Waals surface area (Å²) in [6, 6.07) is 10.3. The van der Waals surface area contributed by atoms with Crippen LogP contribution in [0.2, 0.25) is 0 Å². The maximum Gasteiger partial charge on any atom is 0.230 e. The molecule has 0 aliphatic carbocycles. The van der Waals surface area contributed by atoms with Crippen LogP contribution in [-0.2, 0) is 11.2 Å².